The molecule has 9 nitrogen and oxygen atoms in total. The summed E-state index contributed by atoms with van der Waals surface area (Å²) in [5.74, 6) is -14.0. The highest BCUT2D eigenvalue weighted by molar-refractivity contribution is 6.09. The summed E-state index contributed by atoms with van der Waals surface area (Å²) in [6.07, 6.45) is -5.88. The van der Waals surface area contributed by atoms with Crippen molar-refractivity contribution in [1.29, 1.82) is 0 Å². The van der Waals surface area contributed by atoms with Crippen LogP contribution in [0, 0.1) is 11.8 Å². The van der Waals surface area contributed by atoms with E-state index >= 15 is 0 Å². The van der Waals surface area contributed by atoms with Crippen molar-refractivity contribution in [3.05, 3.63) is 65.7 Å². The molecule has 2 rings (SSSR count). The van der Waals surface area contributed by atoms with Crippen LogP contribution < -0.4 is 20.7 Å². The molecule has 0 aromatic heterocycles. The van der Waals surface area contributed by atoms with Crippen LogP contribution in [0.5, 0.6) is 5.75 Å². The first-order chi connectivity index (χ1) is 20.0. The molecular weight excluding hydrogens is 581 g/mol. The van der Waals surface area contributed by atoms with Crippen LogP contribution >= 0.6 is 0 Å². The minimum absolute atomic E-state index is 0.186. The lowest BCUT2D eigenvalue weighted by molar-refractivity contribution is -0.167. The molecule has 0 bridgehead atoms. The number of methoxy groups -OCH3 is 1. The van der Waals surface area contributed by atoms with Gasteiger partial charge in [0, 0.05) is 17.9 Å². The summed E-state index contributed by atoms with van der Waals surface area (Å²) in [5.41, 5.74) is 0.453. The number of hydrogen-bond donors (Lipinski definition) is 3. The Hall–Kier alpha value is -4.36. The van der Waals surface area contributed by atoms with Crippen LogP contribution in [0.25, 0.3) is 0 Å². The fourth-order valence-electron chi connectivity index (χ4n) is 3.95. The Balaban J connectivity index is 2.30. The Labute approximate surface area is 244 Å². The van der Waals surface area contributed by atoms with E-state index in [1.54, 1.807) is 18.2 Å². The lowest BCUT2D eigenvalue weighted by Crippen LogP contribution is -2.52. The number of rotatable bonds is 14. The average Bonchev–Trinajstić information content (AvgIpc) is 2.96. The molecule has 0 aliphatic heterocycles. The molecule has 0 spiro atoms. The van der Waals surface area contributed by atoms with E-state index in [0.29, 0.717) is 5.75 Å². The van der Waals surface area contributed by atoms with Crippen LogP contribution in [-0.4, -0.2) is 61.1 Å². The summed E-state index contributed by atoms with van der Waals surface area (Å²) >= 11 is 0. The van der Waals surface area contributed by atoms with Crippen molar-refractivity contribution in [3.63, 3.8) is 0 Å². The lowest BCUT2D eigenvalue weighted by Gasteiger charge is -2.27. The number of alkyl halides is 5. The standard InChI is InChI=1S/C29H32F5N3O6/c1-16(2)21(24(39)29(33,34)27(42)35-15-28(30,31)32)14-22(38)23(18-10-12-20(43-4)13-11-18)37-25(40)17(3)36-26(41)19-8-6-5-7-9-19/h5-13,16-17,21,23H,14-15H2,1-4H3,(H,35,42)(H,36,41)(H,37,40)/t17-,21-,23-/m0/s1. The van der Waals surface area contributed by atoms with Crippen molar-refractivity contribution in [1.82, 2.24) is 16.0 Å². The summed E-state index contributed by atoms with van der Waals surface area (Å²) in [5, 5.41) is 5.94. The highest BCUT2D eigenvalue weighted by atomic mass is 19.4. The predicted molar refractivity (Wildman–Crippen MR) is 144 cm³/mol. The molecule has 234 valence electrons. The van der Waals surface area contributed by atoms with Crippen LogP contribution in [0.1, 0.15) is 49.2 Å². The third kappa shape index (κ3) is 9.86. The molecule has 43 heavy (non-hydrogen) atoms. The van der Waals surface area contributed by atoms with E-state index in [-0.39, 0.29) is 11.1 Å². The van der Waals surface area contributed by atoms with E-state index in [4.69, 9.17) is 4.74 Å². The van der Waals surface area contributed by atoms with Gasteiger partial charge in [-0.15, -0.1) is 0 Å². The minimum Gasteiger partial charge on any atom is -0.497 e. The van der Waals surface area contributed by atoms with Gasteiger partial charge in [-0.1, -0.05) is 44.2 Å². The van der Waals surface area contributed by atoms with Crippen LogP contribution in [0.3, 0.4) is 0 Å². The van der Waals surface area contributed by atoms with Crippen molar-refractivity contribution in [2.45, 2.75) is 51.4 Å². The Morgan fingerprint density at radius 2 is 1.42 bits per heavy atom. The van der Waals surface area contributed by atoms with Crippen LogP contribution in [0.2, 0.25) is 0 Å². The third-order valence-corrected chi connectivity index (χ3v) is 6.44. The van der Waals surface area contributed by atoms with Gasteiger partial charge in [-0.2, -0.15) is 22.0 Å². The van der Waals surface area contributed by atoms with E-state index < -0.39 is 78.3 Å². The first-order valence-corrected chi connectivity index (χ1v) is 13.1. The van der Waals surface area contributed by atoms with Crippen LogP contribution in [-0.2, 0) is 19.2 Å². The maximum atomic E-state index is 14.7. The Bertz CT molecular complexity index is 1300. The number of Topliss-reactive ketones (excluding diaryl/α,β-unsaturated/α-hetero) is 2. The fourth-order valence-corrected chi connectivity index (χ4v) is 3.95. The van der Waals surface area contributed by atoms with Gasteiger partial charge in [-0.05, 0) is 42.7 Å². The Kier molecular flexibility index (Phi) is 11.9. The molecule has 3 amide bonds. The number of carbonyl (C=O) groups is 5. The molecule has 3 atom stereocenters. The van der Waals surface area contributed by atoms with Crippen LogP contribution in [0.15, 0.2) is 54.6 Å². The molecule has 2 aromatic rings. The number of ketones is 2. The van der Waals surface area contributed by atoms with Gasteiger partial charge in [-0.3, -0.25) is 24.0 Å². The molecule has 14 heteroatoms. The summed E-state index contributed by atoms with van der Waals surface area (Å²) in [4.78, 5) is 63.6. The van der Waals surface area contributed by atoms with Gasteiger partial charge in [0.05, 0.1) is 7.11 Å². The quantitative estimate of drug-likeness (QED) is 0.220. The molecule has 0 heterocycles. The number of amides is 3. The lowest BCUT2D eigenvalue weighted by atomic mass is 9.82. The molecule has 0 saturated carbocycles. The fraction of sp³-hybridized carbons (Fsp3) is 0.414. The summed E-state index contributed by atoms with van der Waals surface area (Å²) < 4.78 is 71.7. The van der Waals surface area contributed by atoms with E-state index in [9.17, 15) is 45.9 Å². The zero-order chi connectivity index (χ0) is 32.5. The summed E-state index contributed by atoms with van der Waals surface area (Å²) in [6, 6.07) is 11.1. The zero-order valence-corrected chi connectivity index (χ0v) is 23.8. The van der Waals surface area contributed by atoms with Crippen molar-refractivity contribution < 1.29 is 50.7 Å². The third-order valence-electron chi connectivity index (χ3n) is 6.44. The van der Waals surface area contributed by atoms with Gasteiger partial charge < -0.3 is 20.7 Å². The number of ether oxygens (including phenoxy) is 1. The first kappa shape index (κ1) is 34.8. The smallest absolute Gasteiger partial charge is 0.405 e. The van der Waals surface area contributed by atoms with Crippen molar-refractivity contribution in [2.24, 2.45) is 11.8 Å². The van der Waals surface area contributed by atoms with Crippen molar-refractivity contribution in [3.8, 4) is 5.75 Å². The van der Waals surface area contributed by atoms with Gasteiger partial charge >= 0.3 is 12.1 Å². The number of halogens is 5. The van der Waals surface area contributed by atoms with Crippen molar-refractivity contribution in [2.75, 3.05) is 13.7 Å². The number of nitrogens with one attached hydrogen (secondary N) is 3. The second-order valence-electron chi connectivity index (χ2n) is 10.0. The molecule has 0 fully saturated rings. The second-order valence-corrected chi connectivity index (χ2v) is 10.0. The average molecular weight is 614 g/mol. The van der Waals surface area contributed by atoms with Gasteiger partial charge in [0.15, 0.2) is 5.78 Å². The molecule has 2 aromatic carbocycles. The van der Waals surface area contributed by atoms with E-state index in [2.05, 4.69) is 10.6 Å². The largest absolute Gasteiger partial charge is 0.497 e. The summed E-state index contributed by atoms with van der Waals surface area (Å²) in [6.45, 7) is 1.92. The molecule has 0 aliphatic carbocycles. The van der Waals surface area contributed by atoms with E-state index in [1.165, 1.54) is 64.3 Å². The van der Waals surface area contributed by atoms with Crippen LogP contribution in [0.4, 0.5) is 22.0 Å². The van der Waals surface area contributed by atoms with E-state index in [0.717, 1.165) is 5.32 Å². The second kappa shape index (κ2) is 14.7. The van der Waals surface area contributed by atoms with Crippen molar-refractivity contribution >= 4 is 29.3 Å². The van der Waals surface area contributed by atoms with Gasteiger partial charge in [0.2, 0.25) is 11.7 Å². The number of benzene rings is 2. The highest BCUT2D eigenvalue weighted by Gasteiger charge is 2.51. The topological polar surface area (TPSA) is 131 Å². The van der Waals surface area contributed by atoms with Gasteiger partial charge in [-0.25, -0.2) is 0 Å². The Morgan fingerprint density at radius 3 is 1.93 bits per heavy atom. The molecule has 0 unspecified atom stereocenters. The maximum Gasteiger partial charge on any atom is 0.405 e. The number of hydrogen-bond acceptors (Lipinski definition) is 6. The molecule has 0 radical (unpaired) electrons. The normalized spacial score (nSPS) is 13.8. The monoisotopic (exact) mass is 613 g/mol. The molecule has 0 saturated heterocycles. The Morgan fingerprint density at radius 1 is 0.837 bits per heavy atom. The first-order valence-electron chi connectivity index (χ1n) is 13.1. The number of carbonyl (C=O) groups excluding carboxylic acids is 5. The van der Waals surface area contributed by atoms with Gasteiger partial charge in [0.25, 0.3) is 11.8 Å². The maximum absolute atomic E-state index is 14.7. The highest BCUT2D eigenvalue weighted by Crippen LogP contribution is 2.30. The van der Waals surface area contributed by atoms with E-state index in [1.807, 2.05) is 0 Å². The molecule has 3 N–H and O–H groups in total. The SMILES string of the molecule is COc1ccc([C@H](NC(=O)[C@H](C)NC(=O)c2ccccc2)C(=O)C[C@H](C(=O)C(F)(F)C(=O)NCC(F)(F)F)C(C)C)cc1. The molecular formula is C29H32F5N3O6. The van der Waals surface area contributed by atoms with Gasteiger partial charge in [0.1, 0.15) is 24.4 Å². The predicted octanol–water partition coefficient (Wildman–Crippen LogP) is 3.79. The zero-order valence-electron chi connectivity index (χ0n) is 23.8. The summed E-state index contributed by atoms with van der Waals surface area (Å²) in [7, 11) is 1.39. The minimum atomic E-state index is -5.00. The molecule has 0 aliphatic rings.